The zero-order valence-electron chi connectivity index (χ0n) is 13.8. The number of rotatable bonds is 4. The monoisotopic (exact) mass is 346 g/mol. The first-order valence-electron chi connectivity index (χ1n) is 7.85. The predicted molar refractivity (Wildman–Crippen MR) is 94.3 cm³/mol. The summed E-state index contributed by atoms with van der Waals surface area (Å²) < 4.78 is 8.45. The summed E-state index contributed by atoms with van der Waals surface area (Å²) in [6, 6.07) is 3.65. The molecule has 0 amide bonds. The Kier molecular flexibility index (Phi) is 4.28. The third kappa shape index (κ3) is 2.45. The van der Waals surface area contributed by atoms with Crippen LogP contribution in [0.1, 0.15) is 36.2 Å². The van der Waals surface area contributed by atoms with Gasteiger partial charge in [0.1, 0.15) is 11.1 Å². The van der Waals surface area contributed by atoms with Crippen LogP contribution in [0, 0.1) is 6.92 Å². The van der Waals surface area contributed by atoms with Crippen molar-refractivity contribution < 1.29 is 9.53 Å². The Bertz CT molecular complexity index is 1060. The first-order valence-corrected chi connectivity index (χ1v) is 8.66. The Hall–Kier alpha value is -2.41. The second-order valence-electron chi connectivity index (χ2n) is 5.56. The number of fused-ring (bicyclic) bond motifs is 3. The summed E-state index contributed by atoms with van der Waals surface area (Å²) in [4.78, 5) is 37.3. The van der Waals surface area contributed by atoms with Crippen molar-refractivity contribution in [3.63, 3.8) is 0 Å². The summed E-state index contributed by atoms with van der Waals surface area (Å²) in [7, 11) is 0. The van der Waals surface area contributed by atoms with Gasteiger partial charge in [-0.05, 0) is 31.9 Å². The highest BCUT2D eigenvalue weighted by molar-refractivity contribution is 7.16. The number of pyridine rings is 1. The van der Waals surface area contributed by atoms with Crippen LogP contribution in [0.2, 0.25) is 0 Å². The van der Waals surface area contributed by atoms with E-state index in [4.69, 9.17) is 4.74 Å². The first kappa shape index (κ1) is 16.4. The predicted octanol–water partition coefficient (Wildman–Crippen LogP) is 2.57. The Balaban J connectivity index is 2.52. The Labute approximate surface area is 141 Å². The molecule has 0 aliphatic carbocycles. The zero-order chi connectivity index (χ0) is 17.4. The summed E-state index contributed by atoms with van der Waals surface area (Å²) in [5, 5.41) is 0. The van der Waals surface area contributed by atoms with Crippen molar-refractivity contribution in [2.24, 2.45) is 0 Å². The van der Waals surface area contributed by atoms with E-state index < -0.39 is 5.97 Å². The molecule has 24 heavy (non-hydrogen) atoms. The molecular weight excluding hydrogens is 328 g/mol. The van der Waals surface area contributed by atoms with E-state index >= 15 is 0 Å². The number of carbonyl (C=O) groups is 1. The van der Waals surface area contributed by atoms with E-state index in [-0.39, 0.29) is 22.6 Å². The van der Waals surface area contributed by atoms with Crippen molar-refractivity contribution in [3.05, 3.63) is 49.5 Å². The van der Waals surface area contributed by atoms with E-state index in [0.717, 1.165) is 16.9 Å². The molecule has 0 aliphatic heterocycles. The second kappa shape index (κ2) is 6.24. The minimum Gasteiger partial charge on any atom is -0.462 e. The quantitative estimate of drug-likeness (QED) is 0.681. The van der Waals surface area contributed by atoms with Crippen LogP contribution < -0.4 is 10.4 Å². The SMILES string of the molecule is CCCn1c(=O)sc2c(C(=O)OCC)c3ccc(C)cn3c2c1=O. The number of aromatic nitrogens is 2. The van der Waals surface area contributed by atoms with E-state index in [9.17, 15) is 14.4 Å². The first-order chi connectivity index (χ1) is 11.5. The summed E-state index contributed by atoms with van der Waals surface area (Å²) >= 11 is 0.921. The lowest BCUT2D eigenvalue weighted by atomic mass is 10.2. The second-order valence-corrected chi connectivity index (χ2v) is 6.52. The Morgan fingerprint density at radius 2 is 2.00 bits per heavy atom. The number of hydrogen-bond acceptors (Lipinski definition) is 5. The molecule has 0 N–H and O–H groups in total. The van der Waals surface area contributed by atoms with Crippen molar-refractivity contribution in [1.82, 2.24) is 8.97 Å². The molecule has 0 unspecified atom stereocenters. The smallest absolute Gasteiger partial charge is 0.341 e. The largest absolute Gasteiger partial charge is 0.462 e. The number of aryl methyl sites for hydroxylation is 1. The fourth-order valence-electron chi connectivity index (χ4n) is 2.81. The highest BCUT2D eigenvalue weighted by Crippen LogP contribution is 2.27. The molecular formula is C17H18N2O4S. The van der Waals surface area contributed by atoms with Crippen LogP contribution in [0.15, 0.2) is 27.9 Å². The van der Waals surface area contributed by atoms with E-state index in [1.54, 1.807) is 23.6 Å². The highest BCUT2D eigenvalue weighted by Gasteiger charge is 2.24. The van der Waals surface area contributed by atoms with Gasteiger partial charge in [-0.3, -0.25) is 14.2 Å². The molecule has 0 saturated heterocycles. The third-order valence-electron chi connectivity index (χ3n) is 3.82. The van der Waals surface area contributed by atoms with Gasteiger partial charge < -0.3 is 9.14 Å². The summed E-state index contributed by atoms with van der Waals surface area (Å²) in [6.07, 6.45) is 2.48. The minimum atomic E-state index is -0.517. The van der Waals surface area contributed by atoms with Gasteiger partial charge in [0.25, 0.3) is 5.56 Å². The molecule has 7 heteroatoms. The van der Waals surface area contributed by atoms with E-state index in [1.165, 1.54) is 4.57 Å². The molecule has 0 fully saturated rings. The van der Waals surface area contributed by atoms with Crippen LogP contribution in [0.3, 0.4) is 0 Å². The molecule has 0 aromatic carbocycles. The number of carbonyl (C=O) groups excluding carboxylic acids is 1. The maximum Gasteiger partial charge on any atom is 0.341 e. The van der Waals surface area contributed by atoms with Crippen molar-refractivity contribution >= 4 is 33.0 Å². The molecule has 3 rings (SSSR count). The maximum atomic E-state index is 12.9. The molecule has 126 valence electrons. The van der Waals surface area contributed by atoms with Gasteiger partial charge in [0.15, 0.2) is 0 Å². The molecule has 3 heterocycles. The summed E-state index contributed by atoms with van der Waals surface area (Å²) in [6.45, 7) is 6.12. The molecule has 3 aromatic rings. The fraction of sp³-hybridized carbons (Fsp3) is 0.353. The van der Waals surface area contributed by atoms with Crippen LogP contribution in [0.5, 0.6) is 0 Å². The lowest BCUT2D eigenvalue weighted by Crippen LogP contribution is -2.31. The van der Waals surface area contributed by atoms with Gasteiger partial charge in [0.2, 0.25) is 0 Å². The number of esters is 1. The van der Waals surface area contributed by atoms with Crippen molar-refractivity contribution in [1.29, 1.82) is 0 Å². The van der Waals surface area contributed by atoms with Gasteiger partial charge >= 0.3 is 10.8 Å². The molecule has 0 bridgehead atoms. The number of nitrogens with zero attached hydrogens (tertiary/aromatic N) is 2. The molecule has 6 nitrogen and oxygen atoms in total. The molecule has 0 aliphatic rings. The van der Waals surface area contributed by atoms with Crippen molar-refractivity contribution in [2.45, 2.75) is 33.7 Å². The molecule has 0 atom stereocenters. The fourth-order valence-corrected chi connectivity index (χ4v) is 3.84. The molecule has 0 saturated carbocycles. The molecule has 3 aromatic heterocycles. The standard InChI is InChI=1S/C17H18N2O4S/c1-4-8-18-15(20)13-14(24-17(18)22)12(16(21)23-5-2)11-7-6-10(3)9-19(11)13/h6-7,9H,4-5,8H2,1-3H3. The average Bonchev–Trinajstić information content (AvgIpc) is 2.84. The van der Waals surface area contributed by atoms with Crippen LogP contribution >= 0.6 is 11.3 Å². The molecule has 0 spiro atoms. The zero-order valence-corrected chi connectivity index (χ0v) is 14.6. The third-order valence-corrected chi connectivity index (χ3v) is 4.82. The van der Waals surface area contributed by atoms with Gasteiger partial charge in [-0.15, -0.1) is 0 Å². The highest BCUT2D eigenvalue weighted by atomic mass is 32.1. The van der Waals surface area contributed by atoms with Gasteiger partial charge in [-0.1, -0.05) is 24.3 Å². The lowest BCUT2D eigenvalue weighted by Gasteiger charge is -2.02. The average molecular weight is 346 g/mol. The van der Waals surface area contributed by atoms with E-state index in [1.807, 2.05) is 19.9 Å². The van der Waals surface area contributed by atoms with Crippen LogP contribution in [0.4, 0.5) is 0 Å². The van der Waals surface area contributed by atoms with Gasteiger partial charge in [-0.25, -0.2) is 4.79 Å². The van der Waals surface area contributed by atoms with Crippen LogP contribution in [-0.2, 0) is 11.3 Å². The van der Waals surface area contributed by atoms with Gasteiger partial charge in [-0.2, -0.15) is 0 Å². The van der Waals surface area contributed by atoms with Crippen molar-refractivity contribution in [3.8, 4) is 0 Å². The van der Waals surface area contributed by atoms with Crippen LogP contribution in [-0.4, -0.2) is 21.5 Å². The van der Waals surface area contributed by atoms with Gasteiger partial charge in [0, 0.05) is 12.7 Å². The normalized spacial score (nSPS) is 11.3. The molecule has 0 radical (unpaired) electrons. The van der Waals surface area contributed by atoms with Crippen molar-refractivity contribution in [2.75, 3.05) is 6.61 Å². The minimum absolute atomic E-state index is 0.228. The summed E-state index contributed by atoms with van der Waals surface area (Å²) in [5.74, 6) is -0.517. The van der Waals surface area contributed by atoms with Gasteiger partial charge in [0.05, 0.1) is 16.8 Å². The summed E-state index contributed by atoms with van der Waals surface area (Å²) in [5.41, 5.74) is 1.81. The maximum absolute atomic E-state index is 12.9. The number of ether oxygens (including phenoxy) is 1. The Morgan fingerprint density at radius 3 is 2.67 bits per heavy atom. The van der Waals surface area contributed by atoms with E-state index in [0.29, 0.717) is 28.7 Å². The number of hydrogen-bond donors (Lipinski definition) is 0. The topological polar surface area (TPSA) is 69.8 Å². The van der Waals surface area contributed by atoms with E-state index in [2.05, 4.69) is 0 Å². The van der Waals surface area contributed by atoms with Crippen LogP contribution in [0.25, 0.3) is 15.7 Å². The lowest BCUT2D eigenvalue weighted by molar-refractivity contribution is 0.0531. The Morgan fingerprint density at radius 1 is 1.25 bits per heavy atom.